The molecule has 0 amide bonds. The summed E-state index contributed by atoms with van der Waals surface area (Å²) in [5.41, 5.74) is 0.652. The number of fused-ring (bicyclic) bond motifs is 1. The van der Waals surface area contributed by atoms with Crippen molar-refractivity contribution in [1.29, 1.82) is 0 Å². The van der Waals surface area contributed by atoms with Crippen LogP contribution in [0.5, 0.6) is 5.75 Å². The summed E-state index contributed by atoms with van der Waals surface area (Å²) in [5, 5.41) is 0. The van der Waals surface area contributed by atoms with Gasteiger partial charge in [-0.2, -0.15) is 0 Å². The van der Waals surface area contributed by atoms with Crippen molar-refractivity contribution in [3.05, 3.63) is 28.2 Å². The Balaban J connectivity index is 2.50. The fourth-order valence-corrected chi connectivity index (χ4v) is 2.19. The van der Waals surface area contributed by atoms with Gasteiger partial charge in [0.25, 0.3) is 0 Å². The summed E-state index contributed by atoms with van der Waals surface area (Å²) in [5.74, 6) is 0.777. The predicted molar refractivity (Wildman–Crippen MR) is 61.3 cm³/mol. The molecule has 1 aromatic carbocycles. The Hall–Kier alpha value is -0.350. The van der Waals surface area contributed by atoms with E-state index in [0.29, 0.717) is 24.3 Å². The lowest BCUT2D eigenvalue weighted by Crippen LogP contribution is -2.12. The maximum Gasteiger partial charge on any atom is 0.180 e. The number of ether oxygens (including phenoxy) is 1. The van der Waals surface area contributed by atoms with Crippen LogP contribution < -0.4 is 4.74 Å². The first-order valence-corrected chi connectivity index (χ1v) is 6.00. The zero-order chi connectivity index (χ0) is 10.1. The van der Waals surface area contributed by atoms with Gasteiger partial charge in [-0.05, 0) is 18.2 Å². The number of alkyl halides is 1. The minimum Gasteiger partial charge on any atom is -0.493 e. The topological polar surface area (TPSA) is 26.3 Å². The van der Waals surface area contributed by atoms with Gasteiger partial charge in [0.2, 0.25) is 0 Å². The van der Waals surface area contributed by atoms with Crippen LogP contribution in [0, 0.1) is 0 Å². The van der Waals surface area contributed by atoms with Crippen molar-refractivity contribution in [2.75, 3.05) is 6.61 Å². The Labute approximate surface area is 98.9 Å². The van der Waals surface area contributed by atoms with E-state index in [9.17, 15) is 4.79 Å². The summed E-state index contributed by atoms with van der Waals surface area (Å²) in [6.45, 7) is 0.580. The standard InChI is InChI=1S/C10H8Br2O2/c11-6-1-2-9-7(5-6)10(13)8(12)3-4-14-9/h1-2,5,8H,3-4H2/t8-/m0/s1. The van der Waals surface area contributed by atoms with Crippen molar-refractivity contribution >= 4 is 37.6 Å². The first kappa shape index (κ1) is 10.2. The maximum absolute atomic E-state index is 11.8. The molecule has 0 aromatic heterocycles. The number of halogens is 2. The van der Waals surface area contributed by atoms with Crippen molar-refractivity contribution in [2.24, 2.45) is 0 Å². The highest BCUT2D eigenvalue weighted by Gasteiger charge is 2.24. The highest BCUT2D eigenvalue weighted by Crippen LogP contribution is 2.29. The SMILES string of the molecule is O=C1c2cc(Br)ccc2OCC[C@@H]1Br. The number of ketones is 1. The molecule has 4 heteroatoms. The molecular weight excluding hydrogens is 312 g/mol. The molecule has 1 aliphatic heterocycles. The third-order valence-corrected chi connectivity index (χ3v) is 3.49. The van der Waals surface area contributed by atoms with Gasteiger partial charge >= 0.3 is 0 Å². The molecule has 0 aliphatic carbocycles. The third kappa shape index (κ3) is 1.86. The van der Waals surface area contributed by atoms with Crippen LogP contribution in [-0.2, 0) is 0 Å². The van der Waals surface area contributed by atoms with Gasteiger partial charge in [-0.3, -0.25) is 4.79 Å². The van der Waals surface area contributed by atoms with E-state index in [2.05, 4.69) is 31.9 Å². The fraction of sp³-hybridized carbons (Fsp3) is 0.300. The molecule has 1 aliphatic rings. The quantitative estimate of drug-likeness (QED) is 0.687. The van der Waals surface area contributed by atoms with Gasteiger partial charge in [0.05, 0.1) is 17.0 Å². The normalized spacial score (nSPS) is 21.0. The minimum atomic E-state index is -0.127. The number of carbonyl (C=O) groups excluding carboxylic acids is 1. The zero-order valence-corrected chi connectivity index (χ0v) is 10.5. The summed E-state index contributed by atoms with van der Waals surface area (Å²) in [6, 6.07) is 5.50. The van der Waals surface area contributed by atoms with Crippen LogP contribution in [0.25, 0.3) is 0 Å². The molecule has 0 bridgehead atoms. The summed E-state index contributed by atoms with van der Waals surface area (Å²) in [6.07, 6.45) is 0.713. The molecule has 0 saturated carbocycles. The largest absolute Gasteiger partial charge is 0.493 e. The van der Waals surface area contributed by atoms with Crippen LogP contribution >= 0.6 is 31.9 Å². The van der Waals surface area contributed by atoms with E-state index in [-0.39, 0.29) is 10.6 Å². The molecule has 0 fully saturated rings. The van der Waals surface area contributed by atoms with Gasteiger partial charge in [0, 0.05) is 10.9 Å². The lowest BCUT2D eigenvalue weighted by molar-refractivity contribution is 0.0991. The van der Waals surface area contributed by atoms with Crippen LogP contribution in [-0.4, -0.2) is 17.2 Å². The number of rotatable bonds is 0. The molecule has 1 aromatic rings. The van der Waals surface area contributed by atoms with Crippen molar-refractivity contribution in [3.8, 4) is 5.75 Å². The molecule has 0 radical (unpaired) electrons. The molecule has 2 nitrogen and oxygen atoms in total. The molecule has 1 heterocycles. The highest BCUT2D eigenvalue weighted by atomic mass is 79.9. The van der Waals surface area contributed by atoms with Crippen LogP contribution in [0.15, 0.2) is 22.7 Å². The number of benzene rings is 1. The average molecular weight is 320 g/mol. The average Bonchev–Trinajstić information content (AvgIpc) is 2.30. The first-order chi connectivity index (χ1) is 6.68. The van der Waals surface area contributed by atoms with E-state index in [4.69, 9.17) is 4.74 Å². The van der Waals surface area contributed by atoms with Gasteiger partial charge in [0.15, 0.2) is 5.78 Å². The summed E-state index contributed by atoms with van der Waals surface area (Å²) in [4.78, 5) is 11.7. The summed E-state index contributed by atoms with van der Waals surface area (Å²) >= 11 is 6.69. The van der Waals surface area contributed by atoms with E-state index in [1.807, 2.05) is 12.1 Å². The Kier molecular flexibility index (Phi) is 2.93. The lowest BCUT2D eigenvalue weighted by Gasteiger charge is -2.05. The van der Waals surface area contributed by atoms with E-state index in [0.717, 1.165) is 4.47 Å². The van der Waals surface area contributed by atoms with E-state index in [1.54, 1.807) is 6.07 Å². The molecule has 2 rings (SSSR count). The predicted octanol–water partition coefficient (Wildman–Crippen LogP) is 3.18. The second-order valence-electron chi connectivity index (χ2n) is 3.11. The fourth-order valence-electron chi connectivity index (χ4n) is 1.39. The van der Waals surface area contributed by atoms with Crippen molar-refractivity contribution in [2.45, 2.75) is 11.2 Å². The van der Waals surface area contributed by atoms with Crippen LogP contribution in [0.1, 0.15) is 16.8 Å². The third-order valence-electron chi connectivity index (χ3n) is 2.12. The Morgan fingerprint density at radius 2 is 2.21 bits per heavy atom. The van der Waals surface area contributed by atoms with Crippen LogP contribution in [0.3, 0.4) is 0 Å². The van der Waals surface area contributed by atoms with Gasteiger partial charge in [-0.1, -0.05) is 31.9 Å². The highest BCUT2D eigenvalue weighted by molar-refractivity contribution is 9.10. The van der Waals surface area contributed by atoms with E-state index in [1.165, 1.54) is 0 Å². The van der Waals surface area contributed by atoms with Crippen LogP contribution in [0.2, 0.25) is 0 Å². The second kappa shape index (κ2) is 4.03. The Morgan fingerprint density at radius 3 is 3.00 bits per heavy atom. The molecule has 0 spiro atoms. The maximum atomic E-state index is 11.8. The second-order valence-corrected chi connectivity index (χ2v) is 5.13. The van der Waals surface area contributed by atoms with Crippen molar-refractivity contribution < 1.29 is 9.53 Å². The Bertz CT molecular complexity index is 376. The molecule has 0 saturated heterocycles. The number of Topliss-reactive ketones (excluding diaryl/α,β-unsaturated/α-hetero) is 1. The molecule has 0 unspecified atom stereocenters. The van der Waals surface area contributed by atoms with E-state index < -0.39 is 0 Å². The van der Waals surface area contributed by atoms with Gasteiger partial charge in [-0.15, -0.1) is 0 Å². The van der Waals surface area contributed by atoms with Crippen molar-refractivity contribution in [3.63, 3.8) is 0 Å². The molecular formula is C10H8Br2O2. The van der Waals surface area contributed by atoms with Gasteiger partial charge < -0.3 is 4.74 Å². The molecule has 1 atom stereocenters. The number of hydrogen-bond acceptors (Lipinski definition) is 2. The smallest absolute Gasteiger partial charge is 0.180 e. The number of hydrogen-bond donors (Lipinski definition) is 0. The van der Waals surface area contributed by atoms with Crippen molar-refractivity contribution in [1.82, 2.24) is 0 Å². The monoisotopic (exact) mass is 318 g/mol. The van der Waals surface area contributed by atoms with E-state index >= 15 is 0 Å². The molecule has 0 N–H and O–H groups in total. The Morgan fingerprint density at radius 1 is 1.43 bits per heavy atom. The molecule has 14 heavy (non-hydrogen) atoms. The summed E-state index contributed by atoms with van der Waals surface area (Å²) in [7, 11) is 0. The van der Waals surface area contributed by atoms with Crippen LogP contribution in [0.4, 0.5) is 0 Å². The zero-order valence-electron chi connectivity index (χ0n) is 7.30. The number of carbonyl (C=O) groups is 1. The van der Waals surface area contributed by atoms with Gasteiger partial charge in [0.1, 0.15) is 5.75 Å². The first-order valence-electron chi connectivity index (χ1n) is 4.29. The van der Waals surface area contributed by atoms with Gasteiger partial charge in [-0.25, -0.2) is 0 Å². The molecule has 74 valence electrons. The summed E-state index contributed by atoms with van der Waals surface area (Å²) < 4.78 is 6.37. The minimum absolute atomic E-state index is 0.0961. The lowest BCUT2D eigenvalue weighted by atomic mass is 10.1.